The van der Waals surface area contributed by atoms with E-state index in [-0.39, 0.29) is 0 Å². The number of aryl methyl sites for hydroxylation is 1. The third-order valence-corrected chi connectivity index (χ3v) is 3.96. The van der Waals surface area contributed by atoms with E-state index in [9.17, 15) is 0 Å². The van der Waals surface area contributed by atoms with Crippen molar-refractivity contribution >= 4 is 28.4 Å². The molecule has 1 aliphatic rings. The van der Waals surface area contributed by atoms with Crippen molar-refractivity contribution in [2.75, 3.05) is 36.5 Å². The third-order valence-electron chi connectivity index (χ3n) is 3.96. The van der Waals surface area contributed by atoms with Crippen LogP contribution in [0.1, 0.15) is 0 Å². The molecule has 0 spiro atoms. The van der Waals surface area contributed by atoms with Crippen LogP contribution in [0.4, 0.5) is 17.5 Å². The third kappa shape index (κ3) is 2.70. The molecule has 1 aromatic carbocycles. The Labute approximate surface area is 133 Å². The fourth-order valence-corrected chi connectivity index (χ4v) is 2.83. The quantitative estimate of drug-likeness (QED) is 0.797. The topological polar surface area (TPSA) is 68.1 Å². The first-order valence-corrected chi connectivity index (χ1v) is 7.65. The zero-order valence-corrected chi connectivity index (χ0v) is 12.9. The van der Waals surface area contributed by atoms with E-state index < -0.39 is 0 Å². The lowest BCUT2D eigenvalue weighted by molar-refractivity contribution is 0.122. The Morgan fingerprint density at radius 3 is 2.70 bits per heavy atom. The number of anilines is 3. The van der Waals surface area contributed by atoms with Gasteiger partial charge in [0, 0.05) is 43.6 Å². The molecule has 0 unspecified atom stereocenters. The molecule has 4 rings (SSSR count). The summed E-state index contributed by atoms with van der Waals surface area (Å²) in [5, 5.41) is 9.04. The second-order valence-electron chi connectivity index (χ2n) is 5.48. The smallest absolute Gasteiger partial charge is 0.227 e. The number of hydrogen-bond donors (Lipinski definition) is 1. The highest BCUT2D eigenvalue weighted by atomic mass is 16.5. The van der Waals surface area contributed by atoms with Crippen molar-refractivity contribution in [2.45, 2.75) is 0 Å². The number of nitrogens with zero attached hydrogens (tertiary/aromatic N) is 5. The lowest BCUT2D eigenvalue weighted by Gasteiger charge is -2.27. The molecule has 0 radical (unpaired) electrons. The summed E-state index contributed by atoms with van der Waals surface area (Å²) in [6.07, 6.45) is 3.44. The first-order chi connectivity index (χ1) is 11.3. The second kappa shape index (κ2) is 5.85. The van der Waals surface area contributed by atoms with Crippen molar-refractivity contribution in [3.8, 4) is 0 Å². The second-order valence-corrected chi connectivity index (χ2v) is 5.48. The number of rotatable bonds is 3. The Morgan fingerprint density at radius 2 is 1.91 bits per heavy atom. The minimum absolute atomic E-state index is 0.587. The van der Waals surface area contributed by atoms with Gasteiger partial charge >= 0.3 is 0 Å². The van der Waals surface area contributed by atoms with Crippen molar-refractivity contribution in [2.24, 2.45) is 7.05 Å². The Kier molecular flexibility index (Phi) is 3.55. The van der Waals surface area contributed by atoms with Crippen LogP contribution in [0.3, 0.4) is 0 Å². The molecule has 1 saturated heterocycles. The van der Waals surface area contributed by atoms with Gasteiger partial charge in [-0.15, -0.1) is 0 Å². The summed E-state index contributed by atoms with van der Waals surface area (Å²) in [6, 6.07) is 7.98. The molecular formula is C16H18N6O. The zero-order valence-electron chi connectivity index (χ0n) is 12.9. The van der Waals surface area contributed by atoms with Gasteiger partial charge in [-0.1, -0.05) is 0 Å². The SMILES string of the molecule is Cn1nc(N2CCOCC2)c2cc(Nc3ncccn3)ccc21. The Balaban J connectivity index is 1.71. The molecule has 2 aromatic heterocycles. The maximum Gasteiger partial charge on any atom is 0.227 e. The van der Waals surface area contributed by atoms with Gasteiger partial charge in [0.15, 0.2) is 5.82 Å². The van der Waals surface area contributed by atoms with Gasteiger partial charge < -0.3 is 15.0 Å². The van der Waals surface area contributed by atoms with E-state index >= 15 is 0 Å². The van der Waals surface area contributed by atoms with Crippen molar-refractivity contribution < 1.29 is 4.74 Å². The van der Waals surface area contributed by atoms with Gasteiger partial charge in [-0.2, -0.15) is 5.10 Å². The van der Waals surface area contributed by atoms with Gasteiger partial charge in [-0.05, 0) is 24.3 Å². The molecule has 0 saturated carbocycles. The van der Waals surface area contributed by atoms with E-state index in [4.69, 9.17) is 4.74 Å². The number of morpholine rings is 1. The highest BCUT2D eigenvalue weighted by Gasteiger charge is 2.18. The van der Waals surface area contributed by atoms with E-state index in [1.807, 2.05) is 17.8 Å². The molecule has 0 aliphatic carbocycles. The van der Waals surface area contributed by atoms with Crippen molar-refractivity contribution in [3.05, 3.63) is 36.7 Å². The van der Waals surface area contributed by atoms with Crippen LogP contribution >= 0.6 is 0 Å². The van der Waals surface area contributed by atoms with Gasteiger partial charge in [-0.25, -0.2) is 9.97 Å². The molecule has 23 heavy (non-hydrogen) atoms. The van der Waals surface area contributed by atoms with Gasteiger partial charge in [0.25, 0.3) is 0 Å². The van der Waals surface area contributed by atoms with Crippen LogP contribution in [0.2, 0.25) is 0 Å². The highest BCUT2D eigenvalue weighted by Crippen LogP contribution is 2.29. The van der Waals surface area contributed by atoms with Crippen LogP contribution in [0.15, 0.2) is 36.7 Å². The molecule has 7 heteroatoms. The van der Waals surface area contributed by atoms with Crippen molar-refractivity contribution in [1.29, 1.82) is 0 Å². The average molecular weight is 310 g/mol. The maximum atomic E-state index is 5.44. The number of benzene rings is 1. The van der Waals surface area contributed by atoms with Crippen LogP contribution in [0, 0.1) is 0 Å². The van der Waals surface area contributed by atoms with Crippen LogP contribution < -0.4 is 10.2 Å². The molecule has 1 N–H and O–H groups in total. The molecule has 0 amide bonds. The molecule has 0 atom stereocenters. The van der Waals surface area contributed by atoms with E-state index in [2.05, 4.69) is 37.4 Å². The standard InChI is InChI=1S/C16H18N6O/c1-21-14-4-3-12(19-16-17-5-2-6-18-16)11-13(14)15(20-21)22-7-9-23-10-8-22/h2-6,11H,7-10H2,1H3,(H,17,18,19). The number of nitrogens with one attached hydrogen (secondary N) is 1. The normalized spacial score (nSPS) is 15.1. The summed E-state index contributed by atoms with van der Waals surface area (Å²) in [7, 11) is 1.97. The summed E-state index contributed by atoms with van der Waals surface area (Å²) in [6.45, 7) is 3.22. The summed E-state index contributed by atoms with van der Waals surface area (Å²) in [5.41, 5.74) is 2.05. The van der Waals surface area contributed by atoms with Gasteiger partial charge in [0.1, 0.15) is 0 Å². The largest absolute Gasteiger partial charge is 0.378 e. The predicted molar refractivity (Wildman–Crippen MR) is 89.1 cm³/mol. The molecular weight excluding hydrogens is 292 g/mol. The molecule has 1 aliphatic heterocycles. The molecule has 0 bridgehead atoms. The maximum absolute atomic E-state index is 5.44. The molecule has 1 fully saturated rings. The van der Waals surface area contributed by atoms with Gasteiger partial charge in [0.05, 0.1) is 18.7 Å². The van der Waals surface area contributed by atoms with Crippen molar-refractivity contribution in [3.63, 3.8) is 0 Å². The number of ether oxygens (including phenoxy) is 1. The summed E-state index contributed by atoms with van der Waals surface area (Å²) >= 11 is 0. The Bertz CT molecular complexity index is 810. The van der Waals surface area contributed by atoms with E-state index in [1.54, 1.807) is 18.5 Å². The van der Waals surface area contributed by atoms with E-state index in [0.29, 0.717) is 5.95 Å². The van der Waals surface area contributed by atoms with E-state index in [0.717, 1.165) is 48.7 Å². The minimum Gasteiger partial charge on any atom is -0.378 e. The molecule has 118 valence electrons. The van der Waals surface area contributed by atoms with Gasteiger partial charge in [-0.3, -0.25) is 4.68 Å². The van der Waals surface area contributed by atoms with E-state index in [1.165, 1.54) is 0 Å². The molecule has 3 heterocycles. The Hall–Kier alpha value is -2.67. The minimum atomic E-state index is 0.587. The summed E-state index contributed by atoms with van der Waals surface area (Å²) in [4.78, 5) is 10.7. The predicted octanol–water partition coefficient (Wildman–Crippen LogP) is 1.94. The van der Waals surface area contributed by atoms with Crippen LogP contribution in [-0.4, -0.2) is 46.1 Å². The molecule has 3 aromatic rings. The van der Waals surface area contributed by atoms with Crippen LogP contribution in [0.25, 0.3) is 10.9 Å². The van der Waals surface area contributed by atoms with Crippen LogP contribution in [0.5, 0.6) is 0 Å². The first-order valence-electron chi connectivity index (χ1n) is 7.65. The average Bonchev–Trinajstić information content (AvgIpc) is 2.93. The lowest BCUT2D eigenvalue weighted by atomic mass is 10.2. The molecule has 7 nitrogen and oxygen atoms in total. The number of hydrogen-bond acceptors (Lipinski definition) is 6. The van der Waals surface area contributed by atoms with Gasteiger partial charge in [0.2, 0.25) is 5.95 Å². The first kappa shape index (κ1) is 14.0. The monoisotopic (exact) mass is 310 g/mol. The lowest BCUT2D eigenvalue weighted by Crippen LogP contribution is -2.36. The summed E-state index contributed by atoms with van der Waals surface area (Å²) in [5.74, 6) is 1.59. The number of aromatic nitrogens is 4. The van der Waals surface area contributed by atoms with Crippen LogP contribution in [-0.2, 0) is 11.8 Å². The Morgan fingerprint density at radius 1 is 1.13 bits per heavy atom. The highest BCUT2D eigenvalue weighted by molar-refractivity contribution is 5.93. The fourth-order valence-electron chi connectivity index (χ4n) is 2.83. The zero-order chi connectivity index (χ0) is 15.6. The fraction of sp³-hybridized carbons (Fsp3) is 0.312. The number of fused-ring (bicyclic) bond motifs is 1. The van der Waals surface area contributed by atoms with Crippen molar-refractivity contribution in [1.82, 2.24) is 19.7 Å². The summed E-state index contributed by atoms with van der Waals surface area (Å²) < 4.78 is 7.36.